The van der Waals surface area contributed by atoms with Gasteiger partial charge in [-0.3, -0.25) is 9.29 Å². The van der Waals surface area contributed by atoms with Gasteiger partial charge in [0.05, 0.1) is 16.3 Å². The van der Waals surface area contributed by atoms with Gasteiger partial charge in [0.2, 0.25) is 0 Å². The molecule has 2 aromatic heterocycles. The molecule has 1 aliphatic heterocycles. The van der Waals surface area contributed by atoms with Crippen LogP contribution in [0.15, 0.2) is 71.9 Å². The van der Waals surface area contributed by atoms with E-state index in [1.165, 1.54) is 10.4 Å². The van der Waals surface area contributed by atoms with Gasteiger partial charge in [-0.25, -0.2) is 9.19 Å². The van der Waals surface area contributed by atoms with Crippen molar-refractivity contribution in [2.75, 3.05) is 23.2 Å². The van der Waals surface area contributed by atoms with Crippen LogP contribution in [0.3, 0.4) is 0 Å². The van der Waals surface area contributed by atoms with Gasteiger partial charge in [0.25, 0.3) is 0 Å². The second kappa shape index (κ2) is 13.8. The third-order valence-electron chi connectivity index (χ3n) is 5.74. The fourth-order valence-corrected chi connectivity index (χ4v) is 6.13. The Morgan fingerprint density at radius 3 is 2.54 bits per heavy atom. The molecule has 0 aliphatic carbocycles. The molecule has 0 fully saturated rings. The van der Waals surface area contributed by atoms with Gasteiger partial charge in [-0.05, 0) is 61.2 Å². The van der Waals surface area contributed by atoms with Crippen molar-refractivity contribution < 1.29 is 9.00 Å². The van der Waals surface area contributed by atoms with Gasteiger partial charge < -0.3 is 10.1 Å². The third-order valence-corrected chi connectivity index (χ3v) is 8.34. The standard InChI is InChI=1S/C20H21N3OS2.C7H7NO.C2H6/c1-13-6-4-5-7-18(13)26(24)23-11-10-15-12-16(8-9-17(15)23)19-14(2)25-20(21-3)22-19;9-5-3-7-2-1-4-8-6-7;1-2/h4-9,12H,10-11H2,1-3H3,(H,21,22);1-2,4-6H,3H2;1-2H3. The fourth-order valence-electron chi connectivity index (χ4n) is 3.95. The van der Waals surface area contributed by atoms with E-state index in [1.807, 2.05) is 68.5 Å². The lowest BCUT2D eigenvalue weighted by Crippen LogP contribution is -2.23. The number of hydrogen-bond acceptors (Lipinski definition) is 6. The monoisotopic (exact) mass is 534 g/mol. The maximum atomic E-state index is 13.1. The molecule has 8 heteroatoms. The third kappa shape index (κ3) is 6.90. The molecule has 1 N–H and O–H groups in total. The zero-order valence-corrected chi connectivity index (χ0v) is 23.7. The smallest absolute Gasteiger partial charge is 0.183 e. The molecule has 6 nitrogen and oxygen atoms in total. The lowest BCUT2D eigenvalue weighted by molar-refractivity contribution is -0.107. The van der Waals surface area contributed by atoms with E-state index in [0.717, 1.165) is 57.4 Å². The molecule has 4 aromatic rings. The van der Waals surface area contributed by atoms with Gasteiger partial charge in [-0.15, -0.1) is 11.3 Å². The van der Waals surface area contributed by atoms with Crippen LogP contribution in [0.25, 0.3) is 11.3 Å². The van der Waals surface area contributed by atoms with Crippen LogP contribution in [0, 0.1) is 13.8 Å². The first-order valence-corrected chi connectivity index (χ1v) is 14.3. The molecule has 2 aromatic carbocycles. The van der Waals surface area contributed by atoms with E-state index in [0.29, 0.717) is 6.42 Å². The molecule has 0 spiro atoms. The summed E-state index contributed by atoms with van der Waals surface area (Å²) in [5, 5.41) is 4.05. The van der Waals surface area contributed by atoms with Crippen molar-refractivity contribution in [1.29, 1.82) is 0 Å². The van der Waals surface area contributed by atoms with E-state index < -0.39 is 11.0 Å². The van der Waals surface area contributed by atoms with Crippen LogP contribution in [0.4, 0.5) is 10.8 Å². The summed E-state index contributed by atoms with van der Waals surface area (Å²) in [5.41, 5.74) is 6.49. The summed E-state index contributed by atoms with van der Waals surface area (Å²) in [6, 6.07) is 18.0. The van der Waals surface area contributed by atoms with Crippen molar-refractivity contribution >= 4 is 39.4 Å². The maximum absolute atomic E-state index is 13.1. The van der Waals surface area contributed by atoms with E-state index >= 15 is 0 Å². The summed E-state index contributed by atoms with van der Waals surface area (Å²) in [4.78, 5) is 20.6. The first-order chi connectivity index (χ1) is 18.0. The highest BCUT2D eigenvalue weighted by Crippen LogP contribution is 2.37. The van der Waals surface area contributed by atoms with Crippen molar-refractivity contribution in [3.63, 3.8) is 0 Å². The Labute approximate surface area is 226 Å². The second-order valence-electron chi connectivity index (χ2n) is 8.12. The summed E-state index contributed by atoms with van der Waals surface area (Å²) < 4.78 is 15.1. The summed E-state index contributed by atoms with van der Waals surface area (Å²) >= 11 is 1.67. The molecule has 194 valence electrons. The number of nitrogens with one attached hydrogen (secondary N) is 1. The Morgan fingerprint density at radius 1 is 1.11 bits per heavy atom. The molecule has 0 bridgehead atoms. The highest BCUT2D eigenvalue weighted by molar-refractivity contribution is 7.86. The van der Waals surface area contributed by atoms with Crippen LogP contribution < -0.4 is 9.62 Å². The summed E-state index contributed by atoms with van der Waals surface area (Å²) in [6.45, 7) is 8.88. The van der Waals surface area contributed by atoms with E-state index in [9.17, 15) is 9.00 Å². The van der Waals surface area contributed by atoms with Crippen molar-refractivity contribution in [3.8, 4) is 11.3 Å². The zero-order valence-electron chi connectivity index (χ0n) is 22.0. The summed E-state index contributed by atoms with van der Waals surface area (Å²) in [6.07, 6.45) is 5.62. The number of aryl methyl sites for hydroxylation is 2. The number of benzene rings is 2. The van der Waals surface area contributed by atoms with Gasteiger partial charge in [-0.2, -0.15) is 0 Å². The SMILES string of the molecule is CC.CNc1nc(-c2ccc3c(c2)CCN3S(=O)c2ccccc2C)c(C)s1.O=CCc1cccnc1. The number of aldehydes is 1. The van der Waals surface area contributed by atoms with E-state index in [-0.39, 0.29) is 0 Å². The van der Waals surface area contributed by atoms with Gasteiger partial charge in [-0.1, -0.05) is 44.2 Å². The minimum atomic E-state index is -1.17. The zero-order chi connectivity index (χ0) is 26.8. The molecule has 0 saturated carbocycles. The first kappa shape index (κ1) is 28.2. The van der Waals surface area contributed by atoms with Gasteiger partial charge in [0.15, 0.2) is 16.1 Å². The first-order valence-electron chi connectivity index (χ1n) is 12.4. The fraction of sp³-hybridized carbons (Fsp3) is 0.276. The highest BCUT2D eigenvalue weighted by Gasteiger charge is 2.26. The van der Waals surface area contributed by atoms with Crippen molar-refractivity contribution in [1.82, 2.24) is 9.97 Å². The Balaban J connectivity index is 0.000000291. The van der Waals surface area contributed by atoms with Gasteiger partial charge in [0, 0.05) is 42.8 Å². The Bertz CT molecular complexity index is 1340. The Kier molecular flexibility index (Phi) is 10.5. The molecule has 1 atom stereocenters. The number of hydrogen-bond donors (Lipinski definition) is 1. The molecule has 3 heterocycles. The molecule has 0 saturated heterocycles. The number of anilines is 2. The lowest BCUT2D eigenvalue weighted by Gasteiger charge is -2.19. The molecule has 37 heavy (non-hydrogen) atoms. The number of pyridine rings is 1. The number of fused-ring (bicyclic) bond motifs is 1. The number of nitrogens with zero attached hydrogens (tertiary/aromatic N) is 3. The van der Waals surface area contributed by atoms with Crippen LogP contribution in [0.5, 0.6) is 0 Å². The Morgan fingerprint density at radius 2 is 1.89 bits per heavy atom. The molecule has 5 rings (SSSR count). The van der Waals surface area contributed by atoms with E-state index in [1.54, 1.807) is 23.7 Å². The predicted octanol–water partition coefficient (Wildman–Crippen LogP) is 6.40. The van der Waals surface area contributed by atoms with Crippen LogP contribution in [-0.4, -0.2) is 34.1 Å². The van der Waals surface area contributed by atoms with Crippen molar-refractivity contribution in [3.05, 3.63) is 88.6 Å². The molecular formula is C29H34N4O2S2. The lowest BCUT2D eigenvalue weighted by atomic mass is 10.1. The van der Waals surface area contributed by atoms with Gasteiger partial charge in [0.1, 0.15) is 6.29 Å². The minimum absolute atomic E-state index is 0.466. The van der Waals surface area contributed by atoms with Crippen molar-refractivity contribution in [2.45, 2.75) is 45.4 Å². The topological polar surface area (TPSA) is 75.2 Å². The highest BCUT2D eigenvalue weighted by atomic mass is 32.2. The molecule has 0 radical (unpaired) electrons. The van der Waals surface area contributed by atoms with E-state index in [2.05, 4.69) is 40.4 Å². The molecule has 1 aliphatic rings. The second-order valence-corrected chi connectivity index (χ2v) is 10.7. The summed E-state index contributed by atoms with van der Waals surface area (Å²) in [5.74, 6) is 0. The number of carbonyl (C=O) groups excluding carboxylic acids is 1. The average molecular weight is 535 g/mol. The van der Waals surface area contributed by atoms with Crippen LogP contribution in [0.2, 0.25) is 0 Å². The van der Waals surface area contributed by atoms with Crippen LogP contribution in [-0.2, 0) is 28.6 Å². The molecule has 0 amide bonds. The van der Waals surface area contributed by atoms with Crippen LogP contribution in [0.1, 0.15) is 35.4 Å². The van der Waals surface area contributed by atoms with Gasteiger partial charge >= 0.3 is 0 Å². The predicted molar refractivity (Wildman–Crippen MR) is 156 cm³/mol. The molecular weight excluding hydrogens is 500 g/mol. The van der Waals surface area contributed by atoms with E-state index in [4.69, 9.17) is 0 Å². The largest absolute Gasteiger partial charge is 0.365 e. The number of carbonyl (C=O) groups is 1. The van der Waals surface area contributed by atoms with Crippen LogP contribution >= 0.6 is 11.3 Å². The average Bonchev–Trinajstić information content (AvgIpc) is 3.53. The Hall–Kier alpha value is -3.36. The number of rotatable bonds is 6. The number of aromatic nitrogens is 2. The van der Waals surface area contributed by atoms with Crippen molar-refractivity contribution in [2.24, 2.45) is 0 Å². The summed E-state index contributed by atoms with van der Waals surface area (Å²) in [7, 11) is 0.718. The quantitative estimate of drug-likeness (QED) is 0.290. The normalized spacial score (nSPS) is 12.4. The molecule has 1 unspecified atom stereocenters. The minimum Gasteiger partial charge on any atom is -0.365 e. The maximum Gasteiger partial charge on any atom is 0.183 e. The number of thiazole rings is 1.